The van der Waals surface area contributed by atoms with Crippen LogP contribution in [-0.4, -0.2) is 11.7 Å². The van der Waals surface area contributed by atoms with E-state index < -0.39 is 11.7 Å². The van der Waals surface area contributed by atoms with Crippen LogP contribution in [0.3, 0.4) is 0 Å². The minimum absolute atomic E-state index is 1.06. The molecule has 0 heterocycles. The second-order valence-electron chi connectivity index (χ2n) is 1.11. The molecular weight excluding hydrogens is 394 g/mol. The van der Waals surface area contributed by atoms with Crippen LogP contribution >= 0.6 is 38.1 Å². The first-order valence-electron chi connectivity index (χ1n) is 1.74. The molecule has 0 saturated heterocycles. The molecule has 0 bridgehead atoms. The summed E-state index contributed by atoms with van der Waals surface area (Å²) in [5, 5.41) is 0. The van der Waals surface area contributed by atoms with Crippen molar-refractivity contribution in [2.24, 2.45) is 0 Å². The summed E-state index contributed by atoms with van der Waals surface area (Å²) in [7, 11) is 0. The van der Waals surface area contributed by atoms with Gasteiger partial charge in [0.25, 0.3) is 0 Å². The summed E-state index contributed by atoms with van der Waals surface area (Å²) in [5.41, 5.74) is 0. The van der Waals surface area contributed by atoms with Crippen molar-refractivity contribution in [3.63, 3.8) is 0 Å². The Morgan fingerprint density at radius 1 is 1.43 bits per heavy atom. The van der Waals surface area contributed by atoms with Crippen molar-refractivity contribution >= 4 is 49.8 Å². The van der Waals surface area contributed by atoms with Gasteiger partial charge in [0.15, 0.2) is 0 Å². The van der Waals surface area contributed by atoms with Gasteiger partial charge in [-0.3, -0.25) is 0 Å². The molecule has 4 heteroatoms. The standard InChI is InChI=1S/C3H5.3BrH.Sn/c1-3-2;;;;/h3H,1-2H2;3*1H;/q;;;;+3/p-3. The topological polar surface area (TPSA) is 0 Å². The first-order chi connectivity index (χ1) is 3.06. The molecule has 7 heavy (non-hydrogen) atoms. The van der Waals surface area contributed by atoms with Crippen molar-refractivity contribution in [3.05, 3.63) is 12.7 Å². The summed E-state index contributed by atoms with van der Waals surface area (Å²) in [6.45, 7) is 3.61. The third-order valence-corrected chi connectivity index (χ3v) is 9.04. The summed E-state index contributed by atoms with van der Waals surface area (Å²) < 4.78 is 1.06. The van der Waals surface area contributed by atoms with Crippen LogP contribution in [0.2, 0.25) is 4.44 Å². The second kappa shape index (κ2) is 3.90. The van der Waals surface area contributed by atoms with Gasteiger partial charge in [0.2, 0.25) is 0 Å². The molecule has 0 saturated carbocycles. The maximum absolute atomic E-state index is 3.61. The number of halogens is 3. The van der Waals surface area contributed by atoms with Crippen molar-refractivity contribution in [1.29, 1.82) is 0 Å². The maximum atomic E-state index is 3.61. The van der Waals surface area contributed by atoms with Crippen LogP contribution in [-0.2, 0) is 0 Å². The van der Waals surface area contributed by atoms with E-state index in [2.05, 4.69) is 44.7 Å². The molecule has 0 rings (SSSR count). The van der Waals surface area contributed by atoms with Gasteiger partial charge in [0.1, 0.15) is 0 Å². The summed E-state index contributed by atoms with van der Waals surface area (Å²) in [6.07, 6.45) is 1.91. The Morgan fingerprint density at radius 2 is 1.86 bits per heavy atom. The molecule has 0 fully saturated rings. The zero-order chi connectivity index (χ0) is 5.91. The van der Waals surface area contributed by atoms with Gasteiger partial charge in [0, 0.05) is 0 Å². The van der Waals surface area contributed by atoms with Gasteiger partial charge in [-0.2, -0.15) is 0 Å². The van der Waals surface area contributed by atoms with E-state index in [4.69, 9.17) is 0 Å². The van der Waals surface area contributed by atoms with Gasteiger partial charge in [-0.05, 0) is 0 Å². The second-order valence-corrected chi connectivity index (χ2v) is 54.4. The predicted octanol–water partition coefficient (Wildman–Crippen LogP) is 3.30. The average Bonchev–Trinajstić information content (AvgIpc) is 1.30. The van der Waals surface area contributed by atoms with E-state index in [1.165, 1.54) is 0 Å². The zero-order valence-corrected chi connectivity index (χ0v) is 11.2. The van der Waals surface area contributed by atoms with Gasteiger partial charge in [-0.25, -0.2) is 0 Å². The van der Waals surface area contributed by atoms with Crippen LogP contribution in [0.1, 0.15) is 0 Å². The summed E-state index contributed by atoms with van der Waals surface area (Å²) in [6, 6.07) is 0. The predicted molar refractivity (Wildman–Crippen MR) is 47.5 cm³/mol. The first-order valence-corrected chi connectivity index (χ1v) is 23.0. The van der Waals surface area contributed by atoms with Crippen LogP contribution in [0.5, 0.6) is 0 Å². The van der Waals surface area contributed by atoms with E-state index in [1.807, 2.05) is 6.08 Å². The molecule has 0 atom stereocenters. The molecule has 0 aliphatic heterocycles. The van der Waals surface area contributed by atoms with Crippen LogP contribution in [0, 0.1) is 0 Å². The molecule has 0 amide bonds. The van der Waals surface area contributed by atoms with E-state index in [-0.39, 0.29) is 0 Å². The van der Waals surface area contributed by atoms with Gasteiger partial charge >= 0.3 is 66.9 Å². The monoisotopic (exact) mass is 398 g/mol. The molecule has 0 unspecified atom stereocenters. The van der Waals surface area contributed by atoms with E-state index >= 15 is 0 Å². The van der Waals surface area contributed by atoms with Crippen molar-refractivity contribution in [3.8, 4) is 0 Å². The molecular formula is C3H5Br3Sn. The van der Waals surface area contributed by atoms with Crippen molar-refractivity contribution in [1.82, 2.24) is 0 Å². The minimum atomic E-state index is -1.96. The Labute approximate surface area is 65.9 Å². The Morgan fingerprint density at radius 3 is 1.86 bits per heavy atom. The summed E-state index contributed by atoms with van der Waals surface area (Å²) in [5.74, 6) is 0. The molecule has 42 valence electrons. The fourth-order valence-electron chi connectivity index (χ4n) is 0.164. The third kappa shape index (κ3) is 7.98. The van der Waals surface area contributed by atoms with E-state index in [0.717, 1.165) is 4.44 Å². The molecule has 0 radical (unpaired) electrons. The number of allylic oxidation sites excluding steroid dienone is 1. The molecule has 0 N–H and O–H groups in total. The molecule has 0 aromatic carbocycles. The van der Waals surface area contributed by atoms with Crippen LogP contribution < -0.4 is 0 Å². The quantitative estimate of drug-likeness (QED) is 0.494. The van der Waals surface area contributed by atoms with Gasteiger partial charge in [0.05, 0.1) is 0 Å². The molecule has 0 aromatic rings. The molecule has 0 nitrogen and oxygen atoms in total. The van der Waals surface area contributed by atoms with Gasteiger partial charge in [-0.1, -0.05) is 0 Å². The Balaban J connectivity index is 3.34. The van der Waals surface area contributed by atoms with Crippen molar-refractivity contribution < 1.29 is 0 Å². The van der Waals surface area contributed by atoms with E-state index in [0.29, 0.717) is 0 Å². The molecule has 0 aliphatic rings. The summed E-state index contributed by atoms with van der Waals surface area (Å²) >= 11 is 8.58. The number of hydrogen-bond acceptors (Lipinski definition) is 0. The van der Waals surface area contributed by atoms with Gasteiger partial charge in [-0.15, -0.1) is 0 Å². The Kier molecular flexibility index (Phi) is 5.01. The van der Waals surface area contributed by atoms with E-state index in [1.54, 1.807) is 0 Å². The molecule has 0 aromatic heterocycles. The average molecular weight is 399 g/mol. The van der Waals surface area contributed by atoms with Crippen LogP contribution in [0.15, 0.2) is 12.7 Å². The van der Waals surface area contributed by atoms with Crippen molar-refractivity contribution in [2.45, 2.75) is 4.44 Å². The zero-order valence-electron chi connectivity index (χ0n) is 3.63. The van der Waals surface area contributed by atoms with Crippen LogP contribution in [0.4, 0.5) is 0 Å². The van der Waals surface area contributed by atoms with Crippen LogP contribution in [0.25, 0.3) is 0 Å². The molecule has 0 spiro atoms. The third-order valence-electron chi connectivity index (χ3n) is 0.376. The Bertz CT molecular complexity index is 65.1. The Hall–Kier alpha value is 1.98. The number of rotatable bonds is 2. The normalized spacial score (nSPS) is 11.3. The van der Waals surface area contributed by atoms with Gasteiger partial charge < -0.3 is 0 Å². The fraction of sp³-hybridized carbons (Fsp3) is 0.333. The molecule has 0 aliphatic carbocycles. The van der Waals surface area contributed by atoms with Crippen molar-refractivity contribution in [2.75, 3.05) is 0 Å². The first kappa shape index (κ1) is 8.98. The van der Waals surface area contributed by atoms with E-state index in [9.17, 15) is 0 Å². The summed E-state index contributed by atoms with van der Waals surface area (Å²) in [4.78, 5) is 0. The number of hydrogen-bond donors (Lipinski definition) is 0. The SMILES string of the molecule is C=C[CH2][Sn]([Br])([Br])[Br]. The fourth-order valence-corrected chi connectivity index (χ4v) is 5.70.